The Morgan fingerprint density at radius 3 is 2.69 bits per heavy atom. The minimum absolute atomic E-state index is 0.00425. The molecular weight excluding hydrogens is 204 g/mol. The van der Waals surface area contributed by atoms with Crippen molar-refractivity contribution in [1.82, 2.24) is 14.8 Å². The van der Waals surface area contributed by atoms with E-state index in [9.17, 15) is 0 Å². The zero-order valence-electron chi connectivity index (χ0n) is 10.4. The summed E-state index contributed by atoms with van der Waals surface area (Å²) >= 11 is 0. The number of hydrogen-bond acceptors (Lipinski definition) is 4. The number of nitrogens with zero attached hydrogens (tertiary/aromatic N) is 3. The Morgan fingerprint density at radius 1 is 1.56 bits per heavy atom. The molecule has 2 rings (SSSR count). The molecule has 90 valence electrons. The Labute approximate surface area is 96.0 Å². The van der Waals surface area contributed by atoms with Crippen LogP contribution in [0, 0.1) is 0 Å². The lowest BCUT2D eigenvalue weighted by Gasteiger charge is -2.25. The first-order valence-corrected chi connectivity index (χ1v) is 5.70. The third-order valence-electron chi connectivity index (χ3n) is 3.32. The molecule has 0 amide bonds. The van der Waals surface area contributed by atoms with Gasteiger partial charge in [-0.25, -0.2) is 4.98 Å². The van der Waals surface area contributed by atoms with Gasteiger partial charge in [-0.2, -0.15) is 5.10 Å². The maximum atomic E-state index is 6.09. The lowest BCUT2D eigenvalue weighted by Crippen LogP contribution is -2.43. The summed E-state index contributed by atoms with van der Waals surface area (Å²) in [6.07, 6.45) is 0. The standard InChI is InChI=1S/C11H20N4O/c1-7(2)9-13-10(15(4)14-9)11(3)6-16-5-8(11)12/h7-8H,5-6,12H2,1-4H3. The highest BCUT2D eigenvalue weighted by molar-refractivity contribution is 5.15. The first-order valence-electron chi connectivity index (χ1n) is 5.70. The van der Waals surface area contributed by atoms with Gasteiger partial charge in [-0.05, 0) is 6.92 Å². The lowest BCUT2D eigenvalue weighted by molar-refractivity contribution is 0.177. The molecule has 0 radical (unpaired) electrons. The molecule has 5 heteroatoms. The van der Waals surface area contributed by atoms with Crippen LogP contribution >= 0.6 is 0 Å². The fraction of sp³-hybridized carbons (Fsp3) is 0.818. The molecule has 2 atom stereocenters. The van der Waals surface area contributed by atoms with Crippen LogP contribution in [0.5, 0.6) is 0 Å². The van der Waals surface area contributed by atoms with E-state index in [-0.39, 0.29) is 11.5 Å². The topological polar surface area (TPSA) is 66.0 Å². The SMILES string of the molecule is CC(C)c1nc(C2(C)COCC2N)n(C)n1. The largest absolute Gasteiger partial charge is 0.379 e. The summed E-state index contributed by atoms with van der Waals surface area (Å²) in [5, 5.41) is 4.43. The highest BCUT2D eigenvalue weighted by atomic mass is 16.5. The van der Waals surface area contributed by atoms with Gasteiger partial charge in [0.15, 0.2) is 5.82 Å². The van der Waals surface area contributed by atoms with Gasteiger partial charge in [-0.15, -0.1) is 0 Å². The van der Waals surface area contributed by atoms with Crippen LogP contribution in [0.1, 0.15) is 38.3 Å². The molecule has 1 aromatic rings. The molecular formula is C11H20N4O. The lowest BCUT2D eigenvalue weighted by atomic mass is 9.85. The van der Waals surface area contributed by atoms with Crippen LogP contribution in [0.25, 0.3) is 0 Å². The third-order valence-corrected chi connectivity index (χ3v) is 3.32. The Bertz CT molecular complexity index is 387. The number of ether oxygens (including phenoxy) is 1. The van der Waals surface area contributed by atoms with Crippen molar-refractivity contribution in [1.29, 1.82) is 0 Å². The van der Waals surface area contributed by atoms with Gasteiger partial charge in [0.2, 0.25) is 0 Å². The molecule has 0 aromatic carbocycles. The van der Waals surface area contributed by atoms with E-state index >= 15 is 0 Å². The zero-order valence-corrected chi connectivity index (χ0v) is 10.4. The van der Waals surface area contributed by atoms with E-state index in [1.807, 2.05) is 11.7 Å². The molecule has 5 nitrogen and oxygen atoms in total. The average molecular weight is 224 g/mol. The van der Waals surface area contributed by atoms with Gasteiger partial charge >= 0.3 is 0 Å². The van der Waals surface area contributed by atoms with Crippen molar-refractivity contribution in [2.24, 2.45) is 12.8 Å². The maximum absolute atomic E-state index is 6.09. The zero-order chi connectivity index (χ0) is 11.9. The van der Waals surface area contributed by atoms with E-state index in [1.54, 1.807) is 0 Å². The first-order chi connectivity index (χ1) is 7.45. The van der Waals surface area contributed by atoms with E-state index < -0.39 is 0 Å². The highest BCUT2D eigenvalue weighted by Crippen LogP contribution is 2.30. The Hall–Kier alpha value is -0.940. The van der Waals surface area contributed by atoms with Crippen LogP contribution in [-0.4, -0.2) is 34.0 Å². The van der Waals surface area contributed by atoms with Crippen LogP contribution in [0.15, 0.2) is 0 Å². The van der Waals surface area contributed by atoms with Gasteiger partial charge in [0.05, 0.1) is 18.6 Å². The molecule has 1 fully saturated rings. The number of hydrogen-bond donors (Lipinski definition) is 1. The van der Waals surface area contributed by atoms with Crippen molar-refractivity contribution in [2.75, 3.05) is 13.2 Å². The summed E-state index contributed by atoms with van der Waals surface area (Å²) in [5.74, 6) is 2.14. The Morgan fingerprint density at radius 2 is 2.25 bits per heavy atom. The van der Waals surface area contributed by atoms with Gasteiger partial charge in [-0.1, -0.05) is 13.8 Å². The first kappa shape index (κ1) is 11.5. The quantitative estimate of drug-likeness (QED) is 0.797. The van der Waals surface area contributed by atoms with Crippen molar-refractivity contribution in [2.45, 2.75) is 38.1 Å². The molecule has 0 bridgehead atoms. The van der Waals surface area contributed by atoms with Crippen LogP contribution in [0.4, 0.5) is 0 Å². The van der Waals surface area contributed by atoms with Crippen LogP contribution < -0.4 is 5.73 Å². The van der Waals surface area contributed by atoms with Crippen LogP contribution in [0.3, 0.4) is 0 Å². The summed E-state index contributed by atoms with van der Waals surface area (Å²) < 4.78 is 7.28. The second-order valence-corrected chi connectivity index (χ2v) is 5.11. The summed E-state index contributed by atoms with van der Waals surface area (Å²) in [6, 6.07) is -0.00425. The van der Waals surface area contributed by atoms with E-state index in [0.717, 1.165) is 11.6 Å². The molecule has 0 aliphatic carbocycles. The fourth-order valence-corrected chi connectivity index (χ4v) is 2.07. The molecule has 16 heavy (non-hydrogen) atoms. The van der Waals surface area contributed by atoms with E-state index in [0.29, 0.717) is 19.1 Å². The molecule has 2 N–H and O–H groups in total. The molecule has 1 saturated heterocycles. The number of aromatic nitrogens is 3. The summed E-state index contributed by atoms with van der Waals surface area (Å²) in [6.45, 7) is 7.50. The molecule has 2 unspecified atom stereocenters. The van der Waals surface area contributed by atoms with Crippen LogP contribution in [0.2, 0.25) is 0 Å². The highest BCUT2D eigenvalue weighted by Gasteiger charge is 2.43. The molecule has 1 aliphatic heterocycles. The van der Waals surface area contributed by atoms with Gasteiger partial charge in [0.1, 0.15) is 5.82 Å². The second kappa shape index (κ2) is 3.82. The van der Waals surface area contributed by atoms with Gasteiger partial charge in [-0.3, -0.25) is 4.68 Å². The van der Waals surface area contributed by atoms with Crippen molar-refractivity contribution < 1.29 is 4.74 Å². The normalized spacial score (nSPS) is 30.2. The monoisotopic (exact) mass is 224 g/mol. The predicted octanol–water partition coefficient (Wildman–Crippen LogP) is 0.554. The molecule has 0 saturated carbocycles. The number of aryl methyl sites for hydroxylation is 1. The molecule has 2 heterocycles. The van der Waals surface area contributed by atoms with Gasteiger partial charge in [0.25, 0.3) is 0 Å². The summed E-state index contributed by atoms with van der Waals surface area (Å²) in [4.78, 5) is 4.61. The second-order valence-electron chi connectivity index (χ2n) is 5.11. The van der Waals surface area contributed by atoms with Crippen molar-refractivity contribution in [3.63, 3.8) is 0 Å². The van der Waals surface area contributed by atoms with Crippen molar-refractivity contribution >= 4 is 0 Å². The van der Waals surface area contributed by atoms with Crippen molar-refractivity contribution in [3.8, 4) is 0 Å². The Balaban J connectivity index is 2.40. The molecule has 1 aliphatic rings. The van der Waals surface area contributed by atoms with E-state index in [4.69, 9.17) is 10.5 Å². The van der Waals surface area contributed by atoms with Crippen molar-refractivity contribution in [3.05, 3.63) is 11.6 Å². The predicted molar refractivity (Wildman–Crippen MR) is 61.2 cm³/mol. The smallest absolute Gasteiger partial charge is 0.153 e. The van der Waals surface area contributed by atoms with E-state index in [1.165, 1.54) is 0 Å². The fourth-order valence-electron chi connectivity index (χ4n) is 2.07. The Kier molecular flexibility index (Phi) is 2.75. The van der Waals surface area contributed by atoms with Crippen LogP contribution in [-0.2, 0) is 17.2 Å². The number of nitrogens with two attached hydrogens (primary N) is 1. The minimum Gasteiger partial charge on any atom is -0.379 e. The summed E-state index contributed by atoms with van der Waals surface area (Å²) in [7, 11) is 1.92. The van der Waals surface area contributed by atoms with E-state index in [2.05, 4.69) is 30.9 Å². The molecule has 1 aromatic heterocycles. The summed E-state index contributed by atoms with van der Waals surface area (Å²) in [5.41, 5.74) is 5.88. The molecule has 0 spiro atoms. The maximum Gasteiger partial charge on any atom is 0.153 e. The third kappa shape index (κ3) is 1.64. The number of rotatable bonds is 2. The van der Waals surface area contributed by atoms with Gasteiger partial charge in [0, 0.05) is 19.0 Å². The minimum atomic E-state index is -0.213. The van der Waals surface area contributed by atoms with Gasteiger partial charge < -0.3 is 10.5 Å². The average Bonchev–Trinajstić information content (AvgIpc) is 2.73.